The van der Waals surface area contributed by atoms with E-state index in [2.05, 4.69) is 37.7 Å². The number of carbonyl (C=O) groups excluding carboxylic acids is 1. The summed E-state index contributed by atoms with van der Waals surface area (Å²) in [5.41, 5.74) is 9.37. The number of hydrogen-bond acceptors (Lipinski definition) is 7. The number of rotatable bonds is 4. The molecule has 0 atom stereocenters. The van der Waals surface area contributed by atoms with Gasteiger partial charge in [-0.3, -0.25) is 9.78 Å². The van der Waals surface area contributed by atoms with Gasteiger partial charge in [-0.25, -0.2) is 9.99 Å². The van der Waals surface area contributed by atoms with Crippen molar-refractivity contribution < 1.29 is 9.21 Å². The van der Waals surface area contributed by atoms with E-state index in [0.717, 1.165) is 66.4 Å². The minimum atomic E-state index is -0.282. The summed E-state index contributed by atoms with van der Waals surface area (Å²) in [7, 11) is 2.01. The topological polar surface area (TPSA) is 86.5 Å². The number of pyridine rings is 1. The van der Waals surface area contributed by atoms with Gasteiger partial charge in [-0.2, -0.15) is 0 Å². The average molecular weight is 404 g/mol. The summed E-state index contributed by atoms with van der Waals surface area (Å²) >= 11 is 0. The molecule has 2 aliphatic heterocycles. The first-order valence-corrected chi connectivity index (χ1v) is 10.2. The highest BCUT2D eigenvalue weighted by Gasteiger charge is 2.24. The number of aryl methyl sites for hydroxylation is 1. The van der Waals surface area contributed by atoms with E-state index in [-0.39, 0.29) is 11.6 Å². The number of oxazole rings is 1. The number of nitrogens with zero attached hydrogens (tertiary/aromatic N) is 4. The van der Waals surface area contributed by atoms with Gasteiger partial charge in [0.1, 0.15) is 6.26 Å². The molecule has 1 aromatic carbocycles. The molecule has 2 N–H and O–H groups in total. The number of anilines is 3. The minimum Gasteiger partial charge on any atom is -0.444 e. The second-order valence-corrected chi connectivity index (χ2v) is 7.87. The number of carbonyl (C=O) groups is 1. The molecule has 0 spiro atoms. The third-order valence-electron chi connectivity index (χ3n) is 5.52. The van der Waals surface area contributed by atoms with Crippen molar-refractivity contribution in [3.63, 3.8) is 0 Å². The molecule has 2 aliphatic rings. The molecule has 0 aliphatic carbocycles. The van der Waals surface area contributed by atoms with Crippen molar-refractivity contribution in [2.24, 2.45) is 0 Å². The Bertz CT molecular complexity index is 1100. The number of benzene rings is 1. The van der Waals surface area contributed by atoms with Gasteiger partial charge < -0.3 is 20.1 Å². The minimum absolute atomic E-state index is 0.252. The summed E-state index contributed by atoms with van der Waals surface area (Å²) in [6.07, 6.45) is 5.43. The molecule has 154 valence electrons. The maximum atomic E-state index is 13.0. The molecule has 8 nitrogen and oxygen atoms in total. The van der Waals surface area contributed by atoms with Gasteiger partial charge in [0.25, 0.3) is 5.91 Å². The standard InChI is InChI=1S/C22H24N6O2/c1-14-9-15(5-6-23-14)22-25-19(13-30-22)21(29)24-18-10-16-12-27(2)26-17(16)11-20(18)28-7-3-4-8-28/h5-6,9-11,13,26H,3-4,7-8,12H2,1-2H3,(H,24,29). The lowest BCUT2D eigenvalue weighted by atomic mass is 10.1. The van der Waals surface area contributed by atoms with Gasteiger partial charge in [-0.15, -0.1) is 0 Å². The zero-order chi connectivity index (χ0) is 20.7. The van der Waals surface area contributed by atoms with Gasteiger partial charge in [0.15, 0.2) is 5.69 Å². The van der Waals surface area contributed by atoms with Gasteiger partial charge in [-0.1, -0.05) is 0 Å². The lowest BCUT2D eigenvalue weighted by molar-refractivity contribution is 0.102. The lowest BCUT2D eigenvalue weighted by Crippen LogP contribution is -2.21. The van der Waals surface area contributed by atoms with Gasteiger partial charge in [0.05, 0.1) is 17.1 Å². The molecule has 0 radical (unpaired) electrons. The molecule has 2 aromatic heterocycles. The van der Waals surface area contributed by atoms with Crippen molar-refractivity contribution in [3.05, 3.63) is 53.7 Å². The summed E-state index contributed by atoms with van der Waals surface area (Å²) in [4.78, 5) is 23.9. The van der Waals surface area contributed by atoms with Crippen LogP contribution in [0.4, 0.5) is 17.1 Å². The Morgan fingerprint density at radius 3 is 2.87 bits per heavy atom. The Labute approximate surface area is 174 Å². The summed E-state index contributed by atoms with van der Waals surface area (Å²) in [5.74, 6) is 0.126. The maximum Gasteiger partial charge on any atom is 0.277 e. The first kappa shape index (κ1) is 18.6. The highest BCUT2D eigenvalue weighted by atomic mass is 16.3. The first-order chi connectivity index (χ1) is 14.6. The van der Waals surface area contributed by atoms with Crippen molar-refractivity contribution in [3.8, 4) is 11.5 Å². The van der Waals surface area contributed by atoms with Gasteiger partial charge in [-0.05, 0) is 49.6 Å². The number of nitrogens with one attached hydrogen (secondary N) is 2. The Morgan fingerprint density at radius 1 is 1.23 bits per heavy atom. The van der Waals surface area contributed by atoms with E-state index in [1.807, 2.05) is 31.1 Å². The second kappa shape index (κ2) is 7.46. The fourth-order valence-electron chi connectivity index (χ4n) is 4.06. The second-order valence-electron chi connectivity index (χ2n) is 7.87. The maximum absolute atomic E-state index is 13.0. The smallest absolute Gasteiger partial charge is 0.277 e. The number of fused-ring (bicyclic) bond motifs is 1. The predicted molar refractivity (Wildman–Crippen MR) is 115 cm³/mol. The SMILES string of the molecule is Cc1cc(-c2nc(C(=O)Nc3cc4c(cc3N3CCCC3)NN(C)C4)co2)ccn1. The molecule has 1 saturated heterocycles. The molecule has 4 heterocycles. The number of hydrazine groups is 1. The quantitative estimate of drug-likeness (QED) is 0.686. The summed E-state index contributed by atoms with van der Waals surface area (Å²) in [6.45, 7) is 4.67. The van der Waals surface area contributed by atoms with Gasteiger partial charge in [0.2, 0.25) is 5.89 Å². The van der Waals surface area contributed by atoms with E-state index in [1.54, 1.807) is 6.20 Å². The molecular weight excluding hydrogens is 380 g/mol. The number of aromatic nitrogens is 2. The summed E-state index contributed by atoms with van der Waals surface area (Å²) < 4.78 is 5.56. The molecule has 3 aromatic rings. The van der Waals surface area contributed by atoms with Gasteiger partial charge in [0, 0.05) is 44.1 Å². The Balaban J connectivity index is 1.43. The van der Waals surface area contributed by atoms with Crippen molar-refractivity contribution >= 4 is 23.0 Å². The molecular formula is C22H24N6O2. The van der Waals surface area contributed by atoms with E-state index in [4.69, 9.17) is 4.42 Å². The van der Waals surface area contributed by atoms with Crippen LogP contribution >= 0.6 is 0 Å². The van der Waals surface area contributed by atoms with Crippen LogP contribution in [0.2, 0.25) is 0 Å². The van der Waals surface area contributed by atoms with Crippen LogP contribution in [0.25, 0.3) is 11.5 Å². The van der Waals surface area contributed by atoms with Crippen LogP contribution in [0.3, 0.4) is 0 Å². The monoisotopic (exact) mass is 404 g/mol. The third-order valence-corrected chi connectivity index (χ3v) is 5.52. The Kier molecular flexibility index (Phi) is 4.63. The van der Waals surface area contributed by atoms with Gasteiger partial charge >= 0.3 is 0 Å². The highest BCUT2D eigenvalue weighted by Crippen LogP contribution is 2.37. The molecule has 0 unspecified atom stereocenters. The molecule has 1 fully saturated rings. The van der Waals surface area contributed by atoms with Crippen LogP contribution in [-0.4, -0.2) is 41.0 Å². The average Bonchev–Trinajstić information content (AvgIpc) is 3.47. The van der Waals surface area contributed by atoms with Crippen molar-refractivity contribution in [1.29, 1.82) is 0 Å². The van der Waals surface area contributed by atoms with Crippen LogP contribution in [0.5, 0.6) is 0 Å². The van der Waals surface area contributed by atoms with Crippen molar-refractivity contribution in [2.75, 3.05) is 35.8 Å². The molecule has 0 saturated carbocycles. The van der Waals surface area contributed by atoms with Crippen molar-refractivity contribution in [1.82, 2.24) is 15.0 Å². The predicted octanol–water partition coefficient (Wildman–Crippen LogP) is 3.67. The van der Waals surface area contributed by atoms with E-state index in [1.165, 1.54) is 6.26 Å². The Morgan fingerprint density at radius 2 is 2.07 bits per heavy atom. The fourth-order valence-corrected chi connectivity index (χ4v) is 4.06. The van der Waals surface area contributed by atoms with E-state index in [9.17, 15) is 4.79 Å². The zero-order valence-electron chi connectivity index (χ0n) is 17.1. The van der Waals surface area contributed by atoms with E-state index >= 15 is 0 Å². The van der Waals surface area contributed by atoms with Crippen LogP contribution < -0.4 is 15.6 Å². The van der Waals surface area contributed by atoms with E-state index < -0.39 is 0 Å². The molecule has 0 bridgehead atoms. The van der Waals surface area contributed by atoms with Crippen molar-refractivity contribution in [2.45, 2.75) is 26.3 Å². The highest BCUT2D eigenvalue weighted by molar-refractivity contribution is 6.05. The molecule has 5 rings (SSSR count). The molecule has 1 amide bonds. The number of hydrogen-bond donors (Lipinski definition) is 2. The fraction of sp³-hybridized carbons (Fsp3) is 0.318. The summed E-state index contributed by atoms with van der Waals surface area (Å²) in [6, 6.07) is 7.89. The number of amides is 1. The van der Waals surface area contributed by atoms with E-state index in [0.29, 0.717) is 5.89 Å². The normalized spacial score (nSPS) is 15.9. The van der Waals surface area contributed by atoms with Crippen LogP contribution in [0.15, 0.2) is 41.1 Å². The Hall–Kier alpha value is -3.39. The molecule has 30 heavy (non-hydrogen) atoms. The zero-order valence-corrected chi connectivity index (χ0v) is 17.1. The first-order valence-electron chi connectivity index (χ1n) is 10.2. The summed E-state index contributed by atoms with van der Waals surface area (Å²) in [5, 5.41) is 5.10. The van der Waals surface area contributed by atoms with Crippen LogP contribution in [-0.2, 0) is 6.54 Å². The van der Waals surface area contributed by atoms with Crippen LogP contribution in [0, 0.1) is 6.92 Å². The lowest BCUT2D eigenvalue weighted by Gasteiger charge is -2.22. The largest absolute Gasteiger partial charge is 0.444 e. The van der Waals surface area contributed by atoms with Crippen LogP contribution in [0.1, 0.15) is 34.6 Å². The third kappa shape index (κ3) is 3.50. The molecule has 8 heteroatoms.